The van der Waals surface area contributed by atoms with Crippen molar-refractivity contribution in [3.8, 4) is 5.75 Å². The van der Waals surface area contributed by atoms with Crippen LogP contribution < -0.4 is 10.1 Å². The Labute approximate surface area is 107 Å². The van der Waals surface area contributed by atoms with Crippen molar-refractivity contribution in [2.24, 2.45) is 0 Å². The average Bonchev–Trinajstić information content (AvgIpc) is 2.91. The largest absolute Gasteiger partial charge is 0.489 e. The molecule has 94 valence electrons. The highest BCUT2D eigenvalue weighted by atomic mass is 16.5. The molecule has 1 aromatic carbocycles. The first-order chi connectivity index (χ1) is 8.74. The third-order valence-electron chi connectivity index (χ3n) is 3.43. The Morgan fingerprint density at radius 3 is 2.89 bits per heavy atom. The van der Waals surface area contributed by atoms with Crippen molar-refractivity contribution in [1.82, 2.24) is 4.98 Å². The highest BCUT2D eigenvalue weighted by Crippen LogP contribution is 2.35. The molecule has 0 amide bonds. The van der Waals surface area contributed by atoms with Crippen LogP contribution in [0.5, 0.6) is 5.75 Å². The molecule has 1 aromatic heterocycles. The van der Waals surface area contributed by atoms with Gasteiger partial charge in [-0.1, -0.05) is 19.9 Å². The summed E-state index contributed by atoms with van der Waals surface area (Å²) < 4.78 is 5.82. The molecule has 1 atom stereocenters. The molecule has 1 aliphatic rings. The Kier molecular flexibility index (Phi) is 2.74. The number of rotatable bonds is 2. The first kappa shape index (κ1) is 11.2. The van der Waals surface area contributed by atoms with Crippen molar-refractivity contribution in [2.75, 3.05) is 11.9 Å². The van der Waals surface area contributed by atoms with Crippen LogP contribution in [0.4, 0.5) is 5.69 Å². The third kappa shape index (κ3) is 1.96. The zero-order valence-corrected chi connectivity index (χ0v) is 10.7. The summed E-state index contributed by atoms with van der Waals surface area (Å²) in [5.41, 5.74) is 3.66. The normalized spacial score (nSPS) is 18.1. The summed E-state index contributed by atoms with van der Waals surface area (Å²) >= 11 is 0. The third-order valence-corrected chi connectivity index (χ3v) is 3.43. The fourth-order valence-corrected chi connectivity index (χ4v) is 2.28. The van der Waals surface area contributed by atoms with E-state index in [1.54, 1.807) is 0 Å². The molecule has 2 heterocycles. The molecule has 0 saturated carbocycles. The number of fused-ring (bicyclic) bond motifs is 1. The predicted octanol–water partition coefficient (Wildman–Crippen LogP) is 3.68. The van der Waals surface area contributed by atoms with Gasteiger partial charge in [0.25, 0.3) is 0 Å². The van der Waals surface area contributed by atoms with Crippen LogP contribution in [0.2, 0.25) is 0 Å². The molecule has 0 aliphatic carbocycles. The number of H-pyrrole nitrogens is 1. The number of aromatic amines is 1. The van der Waals surface area contributed by atoms with Crippen LogP contribution in [0.3, 0.4) is 0 Å². The number of nitrogens with one attached hydrogen (secondary N) is 2. The lowest BCUT2D eigenvalue weighted by atomic mass is 10.0. The summed E-state index contributed by atoms with van der Waals surface area (Å²) in [5, 5.41) is 3.55. The van der Waals surface area contributed by atoms with E-state index in [-0.39, 0.29) is 6.04 Å². The van der Waals surface area contributed by atoms with E-state index < -0.39 is 0 Å². The minimum Gasteiger partial charge on any atom is -0.489 e. The number of hydrogen-bond acceptors (Lipinski definition) is 2. The number of hydrogen-bond donors (Lipinski definition) is 2. The SMILES string of the molecule is CC(C)c1ccc2c(c1)NC(c1cc[nH]c1)CO2. The molecule has 0 spiro atoms. The lowest BCUT2D eigenvalue weighted by Gasteiger charge is -2.27. The maximum absolute atomic E-state index is 5.82. The van der Waals surface area contributed by atoms with Gasteiger partial charge in [-0.3, -0.25) is 0 Å². The van der Waals surface area contributed by atoms with Gasteiger partial charge in [0.1, 0.15) is 12.4 Å². The van der Waals surface area contributed by atoms with Gasteiger partial charge in [0.05, 0.1) is 11.7 Å². The van der Waals surface area contributed by atoms with Crippen LogP contribution >= 0.6 is 0 Å². The average molecular weight is 242 g/mol. The quantitative estimate of drug-likeness (QED) is 0.842. The van der Waals surface area contributed by atoms with Gasteiger partial charge in [0.15, 0.2) is 0 Å². The summed E-state index contributed by atoms with van der Waals surface area (Å²) in [4.78, 5) is 3.09. The molecule has 1 unspecified atom stereocenters. The first-order valence-electron chi connectivity index (χ1n) is 6.40. The first-order valence-corrected chi connectivity index (χ1v) is 6.40. The Balaban J connectivity index is 1.89. The van der Waals surface area contributed by atoms with E-state index >= 15 is 0 Å². The number of benzene rings is 1. The van der Waals surface area contributed by atoms with Crippen LogP contribution in [-0.2, 0) is 0 Å². The van der Waals surface area contributed by atoms with Crippen molar-refractivity contribution >= 4 is 5.69 Å². The molecule has 2 N–H and O–H groups in total. The van der Waals surface area contributed by atoms with Crippen LogP contribution in [0.1, 0.15) is 36.9 Å². The van der Waals surface area contributed by atoms with Crippen LogP contribution in [0.25, 0.3) is 0 Å². The molecule has 3 heteroatoms. The molecular weight excluding hydrogens is 224 g/mol. The second-order valence-electron chi connectivity index (χ2n) is 5.06. The van der Waals surface area contributed by atoms with Gasteiger partial charge < -0.3 is 15.0 Å². The van der Waals surface area contributed by atoms with Gasteiger partial charge in [-0.25, -0.2) is 0 Å². The highest BCUT2D eigenvalue weighted by molar-refractivity contribution is 5.61. The Hall–Kier alpha value is -1.90. The van der Waals surface area contributed by atoms with E-state index in [4.69, 9.17) is 4.74 Å². The van der Waals surface area contributed by atoms with Crippen molar-refractivity contribution in [3.63, 3.8) is 0 Å². The summed E-state index contributed by atoms with van der Waals surface area (Å²) in [6, 6.07) is 8.70. The fourth-order valence-electron chi connectivity index (χ4n) is 2.28. The van der Waals surface area contributed by atoms with Crippen molar-refractivity contribution in [2.45, 2.75) is 25.8 Å². The van der Waals surface area contributed by atoms with E-state index in [1.165, 1.54) is 11.1 Å². The lowest BCUT2D eigenvalue weighted by molar-refractivity contribution is 0.286. The van der Waals surface area contributed by atoms with Gasteiger partial charge in [-0.05, 0) is 35.2 Å². The maximum Gasteiger partial charge on any atom is 0.142 e. The molecule has 0 fully saturated rings. The predicted molar refractivity (Wildman–Crippen MR) is 73.2 cm³/mol. The van der Waals surface area contributed by atoms with Gasteiger partial charge in [0.2, 0.25) is 0 Å². The van der Waals surface area contributed by atoms with E-state index in [9.17, 15) is 0 Å². The van der Waals surface area contributed by atoms with Crippen LogP contribution in [-0.4, -0.2) is 11.6 Å². The molecule has 1 aliphatic heterocycles. The molecule has 0 radical (unpaired) electrons. The topological polar surface area (TPSA) is 37.0 Å². The van der Waals surface area contributed by atoms with Crippen molar-refractivity contribution in [3.05, 3.63) is 47.8 Å². The molecule has 18 heavy (non-hydrogen) atoms. The Bertz CT molecular complexity index is 531. The van der Waals surface area contributed by atoms with E-state index in [1.807, 2.05) is 12.4 Å². The molecular formula is C15H18N2O. The smallest absolute Gasteiger partial charge is 0.142 e. The lowest BCUT2D eigenvalue weighted by Crippen LogP contribution is -2.23. The van der Waals surface area contributed by atoms with Crippen LogP contribution in [0, 0.1) is 0 Å². The molecule has 3 nitrogen and oxygen atoms in total. The maximum atomic E-state index is 5.82. The number of ether oxygens (including phenoxy) is 1. The van der Waals surface area contributed by atoms with E-state index in [0.717, 1.165) is 11.4 Å². The summed E-state index contributed by atoms with van der Waals surface area (Å²) in [6.07, 6.45) is 3.95. The summed E-state index contributed by atoms with van der Waals surface area (Å²) in [5.74, 6) is 1.48. The monoisotopic (exact) mass is 242 g/mol. The van der Waals surface area contributed by atoms with Gasteiger partial charge in [-0.15, -0.1) is 0 Å². The van der Waals surface area contributed by atoms with Gasteiger partial charge in [-0.2, -0.15) is 0 Å². The number of aromatic nitrogens is 1. The minimum absolute atomic E-state index is 0.228. The van der Waals surface area contributed by atoms with E-state index in [0.29, 0.717) is 12.5 Å². The standard InChI is InChI=1S/C15H18N2O/c1-10(2)11-3-4-15-13(7-11)17-14(9-18-15)12-5-6-16-8-12/h3-8,10,14,16-17H,9H2,1-2H3. The minimum atomic E-state index is 0.228. The molecule has 2 aromatic rings. The summed E-state index contributed by atoms with van der Waals surface area (Å²) in [6.45, 7) is 5.08. The molecule has 0 saturated heterocycles. The molecule has 3 rings (SSSR count). The fraction of sp³-hybridized carbons (Fsp3) is 0.333. The van der Waals surface area contributed by atoms with Gasteiger partial charge in [0, 0.05) is 12.4 Å². The van der Waals surface area contributed by atoms with Crippen molar-refractivity contribution in [1.29, 1.82) is 0 Å². The van der Waals surface area contributed by atoms with Crippen molar-refractivity contribution < 1.29 is 4.74 Å². The Morgan fingerprint density at radius 2 is 2.17 bits per heavy atom. The van der Waals surface area contributed by atoms with Crippen LogP contribution in [0.15, 0.2) is 36.7 Å². The second kappa shape index (κ2) is 4.41. The second-order valence-corrected chi connectivity index (χ2v) is 5.06. The summed E-state index contributed by atoms with van der Waals surface area (Å²) in [7, 11) is 0. The molecule has 0 bridgehead atoms. The Morgan fingerprint density at radius 1 is 1.28 bits per heavy atom. The van der Waals surface area contributed by atoms with Gasteiger partial charge >= 0.3 is 0 Å². The zero-order valence-electron chi connectivity index (χ0n) is 10.7. The number of anilines is 1. The van der Waals surface area contributed by atoms with E-state index in [2.05, 4.69) is 48.4 Å². The highest BCUT2D eigenvalue weighted by Gasteiger charge is 2.21. The zero-order chi connectivity index (χ0) is 12.5.